The molecule has 0 aromatic carbocycles. The van der Waals surface area contributed by atoms with Gasteiger partial charge in [-0.05, 0) is 6.07 Å². The molecule has 2 N–H and O–H groups in total. The Kier molecular flexibility index (Phi) is 4.02. The summed E-state index contributed by atoms with van der Waals surface area (Å²) in [6.45, 7) is 0.167. The van der Waals surface area contributed by atoms with Gasteiger partial charge in [-0.25, -0.2) is 0 Å². The lowest BCUT2D eigenvalue weighted by atomic mass is 10.3. The third kappa shape index (κ3) is 2.66. The lowest BCUT2D eigenvalue weighted by Gasteiger charge is -2.00. The van der Waals surface area contributed by atoms with Gasteiger partial charge in [-0.15, -0.1) is 23.7 Å². The standard InChI is InChI=1S/C6H6F3NS.ClH/c7-6(8,9)4-1-5(2-10)11-3-4;/h1,3H,2,10H2;1H. The van der Waals surface area contributed by atoms with Crippen molar-refractivity contribution in [3.8, 4) is 0 Å². The molecule has 1 aromatic rings. The van der Waals surface area contributed by atoms with Crippen LogP contribution in [-0.2, 0) is 12.7 Å². The van der Waals surface area contributed by atoms with E-state index in [1.54, 1.807) is 0 Å². The first-order valence-corrected chi connectivity index (χ1v) is 3.76. The summed E-state index contributed by atoms with van der Waals surface area (Å²) in [6, 6.07) is 1.07. The summed E-state index contributed by atoms with van der Waals surface area (Å²) in [7, 11) is 0. The van der Waals surface area contributed by atoms with Gasteiger partial charge in [-0.2, -0.15) is 13.2 Å². The average molecular weight is 218 g/mol. The zero-order valence-electron chi connectivity index (χ0n) is 5.89. The molecule has 0 aliphatic carbocycles. The molecule has 0 saturated heterocycles. The third-order valence-corrected chi connectivity index (χ3v) is 2.14. The van der Waals surface area contributed by atoms with E-state index < -0.39 is 11.7 Å². The maximum Gasteiger partial charge on any atom is 0.417 e. The van der Waals surface area contributed by atoms with Gasteiger partial charge < -0.3 is 5.73 Å². The van der Waals surface area contributed by atoms with E-state index in [-0.39, 0.29) is 19.0 Å². The van der Waals surface area contributed by atoms with Crippen LogP contribution in [0, 0.1) is 0 Å². The van der Waals surface area contributed by atoms with Gasteiger partial charge in [-0.3, -0.25) is 0 Å². The van der Waals surface area contributed by atoms with Crippen molar-refractivity contribution in [2.24, 2.45) is 5.73 Å². The van der Waals surface area contributed by atoms with Crippen LogP contribution < -0.4 is 5.73 Å². The Bertz CT molecular complexity index is 245. The molecule has 0 aliphatic rings. The second kappa shape index (κ2) is 4.11. The maximum absolute atomic E-state index is 11.9. The van der Waals surface area contributed by atoms with Crippen molar-refractivity contribution in [2.75, 3.05) is 0 Å². The first-order valence-electron chi connectivity index (χ1n) is 2.88. The zero-order valence-corrected chi connectivity index (χ0v) is 7.52. The molecule has 0 radical (unpaired) electrons. The van der Waals surface area contributed by atoms with E-state index in [2.05, 4.69) is 0 Å². The molecular weight excluding hydrogens is 211 g/mol. The number of hydrogen-bond acceptors (Lipinski definition) is 2. The molecule has 70 valence electrons. The number of nitrogens with two attached hydrogens (primary N) is 1. The minimum absolute atomic E-state index is 0. The van der Waals surface area contributed by atoms with Crippen molar-refractivity contribution in [1.29, 1.82) is 0 Å². The highest BCUT2D eigenvalue weighted by Crippen LogP contribution is 2.32. The van der Waals surface area contributed by atoms with E-state index >= 15 is 0 Å². The van der Waals surface area contributed by atoms with Gasteiger partial charge in [0.05, 0.1) is 5.56 Å². The summed E-state index contributed by atoms with van der Waals surface area (Å²) in [6.07, 6.45) is -4.23. The smallest absolute Gasteiger partial charge is 0.326 e. The van der Waals surface area contributed by atoms with Crippen LogP contribution in [0.15, 0.2) is 11.4 Å². The second-order valence-electron chi connectivity index (χ2n) is 2.00. The highest BCUT2D eigenvalue weighted by Gasteiger charge is 2.31. The molecule has 1 heterocycles. The molecule has 0 fully saturated rings. The summed E-state index contributed by atoms with van der Waals surface area (Å²) in [5.74, 6) is 0. The summed E-state index contributed by atoms with van der Waals surface area (Å²) in [4.78, 5) is 0.553. The first-order chi connectivity index (χ1) is 5.04. The Morgan fingerprint density at radius 2 is 2.00 bits per heavy atom. The highest BCUT2D eigenvalue weighted by atomic mass is 35.5. The van der Waals surface area contributed by atoms with Gasteiger partial charge in [0.1, 0.15) is 0 Å². The monoisotopic (exact) mass is 217 g/mol. The predicted octanol–water partition coefficient (Wildman–Crippen LogP) is 2.65. The number of thiophene rings is 1. The lowest BCUT2D eigenvalue weighted by molar-refractivity contribution is -0.137. The van der Waals surface area contributed by atoms with Crippen molar-refractivity contribution in [1.82, 2.24) is 0 Å². The van der Waals surface area contributed by atoms with Gasteiger partial charge in [0.2, 0.25) is 0 Å². The number of rotatable bonds is 1. The topological polar surface area (TPSA) is 26.0 Å². The Hall–Kier alpha value is -0.260. The van der Waals surface area contributed by atoms with Crippen molar-refractivity contribution in [3.63, 3.8) is 0 Å². The normalized spacial score (nSPS) is 11.0. The molecule has 0 spiro atoms. The Labute approximate surface area is 77.8 Å². The SMILES string of the molecule is Cl.NCc1cc(C(F)(F)F)cs1. The minimum atomic E-state index is -4.23. The predicted molar refractivity (Wildman–Crippen MR) is 44.5 cm³/mol. The molecule has 1 rings (SSSR count). The molecule has 0 amide bonds. The fourth-order valence-corrected chi connectivity index (χ4v) is 1.41. The molecule has 1 nitrogen and oxygen atoms in total. The molecule has 0 unspecified atom stereocenters. The fraction of sp³-hybridized carbons (Fsp3) is 0.333. The number of hydrogen-bond donors (Lipinski definition) is 1. The molecule has 1 aromatic heterocycles. The second-order valence-corrected chi connectivity index (χ2v) is 3.00. The third-order valence-electron chi connectivity index (χ3n) is 1.18. The Morgan fingerprint density at radius 1 is 1.42 bits per heavy atom. The van der Waals surface area contributed by atoms with Crippen LogP contribution >= 0.6 is 23.7 Å². The molecular formula is C6H7ClF3NS. The van der Waals surface area contributed by atoms with Crippen molar-refractivity contribution in [3.05, 3.63) is 21.9 Å². The van der Waals surface area contributed by atoms with E-state index in [0.29, 0.717) is 4.88 Å². The summed E-state index contributed by atoms with van der Waals surface area (Å²) in [5, 5.41) is 1.07. The molecule has 6 heteroatoms. The van der Waals surface area contributed by atoms with E-state index in [4.69, 9.17) is 5.73 Å². The Balaban J connectivity index is 0.00000121. The highest BCUT2D eigenvalue weighted by molar-refractivity contribution is 7.10. The number of alkyl halides is 3. The zero-order chi connectivity index (χ0) is 8.48. The summed E-state index contributed by atoms with van der Waals surface area (Å²) >= 11 is 1.03. The van der Waals surface area contributed by atoms with Gasteiger partial charge in [0.25, 0.3) is 0 Å². The van der Waals surface area contributed by atoms with Crippen LogP contribution in [0.4, 0.5) is 13.2 Å². The van der Waals surface area contributed by atoms with Crippen molar-refractivity contribution in [2.45, 2.75) is 12.7 Å². The lowest BCUT2D eigenvalue weighted by Crippen LogP contribution is -2.02. The van der Waals surface area contributed by atoms with Crippen molar-refractivity contribution < 1.29 is 13.2 Å². The first kappa shape index (κ1) is 11.7. The van der Waals surface area contributed by atoms with Crippen LogP contribution in [0.2, 0.25) is 0 Å². The quantitative estimate of drug-likeness (QED) is 0.769. The number of halogens is 4. The largest absolute Gasteiger partial charge is 0.417 e. The summed E-state index contributed by atoms with van der Waals surface area (Å²) < 4.78 is 35.7. The maximum atomic E-state index is 11.9. The van der Waals surface area contributed by atoms with Gasteiger partial charge in [-0.1, -0.05) is 0 Å². The van der Waals surface area contributed by atoms with Crippen molar-refractivity contribution >= 4 is 23.7 Å². The van der Waals surface area contributed by atoms with Gasteiger partial charge in [0.15, 0.2) is 0 Å². The van der Waals surface area contributed by atoms with Crippen LogP contribution in [0.5, 0.6) is 0 Å². The fourth-order valence-electron chi connectivity index (χ4n) is 0.636. The molecule has 0 saturated carbocycles. The van der Waals surface area contributed by atoms with E-state index in [1.165, 1.54) is 0 Å². The van der Waals surface area contributed by atoms with Crippen LogP contribution in [0.1, 0.15) is 10.4 Å². The average Bonchev–Trinajstić information content (AvgIpc) is 2.32. The Morgan fingerprint density at radius 3 is 2.25 bits per heavy atom. The molecule has 0 atom stereocenters. The molecule has 0 bridgehead atoms. The van der Waals surface area contributed by atoms with Crippen LogP contribution in [0.25, 0.3) is 0 Å². The summed E-state index contributed by atoms with van der Waals surface area (Å²) in [5.41, 5.74) is 4.54. The van der Waals surface area contributed by atoms with Gasteiger partial charge in [0, 0.05) is 16.8 Å². The molecule has 0 aliphatic heterocycles. The van der Waals surface area contributed by atoms with E-state index in [1.807, 2.05) is 0 Å². The van der Waals surface area contributed by atoms with E-state index in [0.717, 1.165) is 22.8 Å². The van der Waals surface area contributed by atoms with Crippen LogP contribution in [-0.4, -0.2) is 0 Å². The minimum Gasteiger partial charge on any atom is -0.326 e. The van der Waals surface area contributed by atoms with E-state index in [9.17, 15) is 13.2 Å². The van der Waals surface area contributed by atoms with Crippen LogP contribution in [0.3, 0.4) is 0 Å². The van der Waals surface area contributed by atoms with Gasteiger partial charge >= 0.3 is 6.18 Å². The molecule has 12 heavy (non-hydrogen) atoms.